The molecule has 3 rings (SSSR count). The molecule has 1 atom stereocenters. The zero-order valence-electron chi connectivity index (χ0n) is 16.2. The average Bonchev–Trinajstić information content (AvgIpc) is 3.11. The molecule has 148 valence electrons. The second kappa shape index (κ2) is 9.21. The lowest BCUT2D eigenvalue weighted by molar-refractivity contribution is -0.129. The number of hydrogen-bond donors (Lipinski definition) is 1. The van der Waals surface area contributed by atoms with Crippen LogP contribution in [0.25, 0.3) is 0 Å². The van der Waals surface area contributed by atoms with Crippen LogP contribution in [0.4, 0.5) is 0 Å². The summed E-state index contributed by atoms with van der Waals surface area (Å²) < 4.78 is 10.6. The molecular formula is C21H25N3O4. The van der Waals surface area contributed by atoms with Crippen LogP contribution in [0, 0.1) is 5.92 Å². The van der Waals surface area contributed by atoms with Crippen molar-refractivity contribution in [2.45, 2.75) is 19.4 Å². The Morgan fingerprint density at radius 3 is 2.61 bits per heavy atom. The molecular weight excluding hydrogens is 358 g/mol. The quantitative estimate of drug-likeness (QED) is 0.752. The van der Waals surface area contributed by atoms with Crippen LogP contribution >= 0.6 is 0 Å². The lowest BCUT2D eigenvalue weighted by Gasteiger charge is -2.17. The standard InChI is InChI=1S/C21H25N3O4/c1-27-18-4-3-15(11-19(18)28-2)7-10-24-14-17(12-20(24)25)21(26)23-13-16-5-8-22-9-6-16/h3-6,8-9,11,17H,7,10,12-14H2,1-2H3,(H,23,26). The molecule has 2 aromatic rings. The molecule has 0 saturated carbocycles. The molecule has 7 heteroatoms. The number of amides is 2. The van der Waals surface area contributed by atoms with Crippen LogP contribution in [0.1, 0.15) is 17.5 Å². The maximum Gasteiger partial charge on any atom is 0.225 e. The van der Waals surface area contributed by atoms with E-state index in [1.807, 2.05) is 30.3 Å². The molecule has 1 aliphatic rings. The van der Waals surface area contributed by atoms with Crippen LogP contribution < -0.4 is 14.8 Å². The highest BCUT2D eigenvalue weighted by atomic mass is 16.5. The highest BCUT2D eigenvalue weighted by Gasteiger charge is 2.33. The van der Waals surface area contributed by atoms with Gasteiger partial charge in [0.25, 0.3) is 0 Å². The van der Waals surface area contributed by atoms with E-state index in [2.05, 4.69) is 10.3 Å². The summed E-state index contributed by atoms with van der Waals surface area (Å²) in [7, 11) is 3.20. The van der Waals surface area contributed by atoms with Crippen molar-refractivity contribution < 1.29 is 19.1 Å². The van der Waals surface area contributed by atoms with E-state index in [1.165, 1.54) is 0 Å². The van der Waals surface area contributed by atoms with Gasteiger partial charge in [-0.05, 0) is 41.8 Å². The van der Waals surface area contributed by atoms with E-state index in [4.69, 9.17) is 9.47 Å². The Morgan fingerprint density at radius 1 is 1.14 bits per heavy atom. The molecule has 7 nitrogen and oxygen atoms in total. The van der Waals surface area contributed by atoms with Crippen LogP contribution in [0.2, 0.25) is 0 Å². The second-order valence-corrected chi connectivity index (χ2v) is 6.75. The van der Waals surface area contributed by atoms with Crippen LogP contribution in [0.15, 0.2) is 42.7 Å². The number of nitrogens with zero attached hydrogens (tertiary/aromatic N) is 2. The number of methoxy groups -OCH3 is 2. The second-order valence-electron chi connectivity index (χ2n) is 6.75. The fourth-order valence-electron chi connectivity index (χ4n) is 3.30. The number of nitrogens with one attached hydrogen (secondary N) is 1. The molecule has 1 fully saturated rings. The molecule has 0 bridgehead atoms. The van der Waals surface area contributed by atoms with E-state index >= 15 is 0 Å². The summed E-state index contributed by atoms with van der Waals surface area (Å²) in [4.78, 5) is 30.4. The first kappa shape index (κ1) is 19.7. The highest BCUT2D eigenvalue weighted by molar-refractivity contribution is 5.89. The minimum absolute atomic E-state index is 0.0181. The Kier molecular flexibility index (Phi) is 6.47. The van der Waals surface area contributed by atoms with Crippen LogP contribution in [-0.4, -0.2) is 49.0 Å². The fraction of sp³-hybridized carbons (Fsp3) is 0.381. The molecule has 1 unspecified atom stereocenters. The molecule has 0 radical (unpaired) electrons. The van der Waals surface area contributed by atoms with Crippen molar-refractivity contribution in [3.8, 4) is 11.5 Å². The summed E-state index contributed by atoms with van der Waals surface area (Å²) in [5, 5.41) is 2.91. The molecule has 1 N–H and O–H groups in total. The summed E-state index contributed by atoms with van der Waals surface area (Å²) in [6.45, 7) is 1.47. The first-order valence-electron chi connectivity index (χ1n) is 9.26. The number of carbonyl (C=O) groups excluding carboxylic acids is 2. The first-order valence-corrected chi connectivity index (χ1v) is 9.26. The van der Waals surface area contributed by atoms with Crippen molar-refractivity contribution >= 4 is 11.8 Å². The predicted molar refractivity (Wildman–Crippen MR) is 104 cm³/mol. The van der Waals surface area contributed by atoms with Gasteiger partial charge in [0.05, 0.1) is 20.1 Å². The van der Waals surface area contributed by atoms with Crippen molar-refractivity contribution in [1.29, 1.82) is 0 Å². The molecule has 1 aliphatic heterocycles. The van der Waals surface area contributed by atoms with Crippen LogP contribution in [0.3, 0.4) is 0 Å². The summed E-state index contributed by atoms with van der Waals surface area (Å²) in [6, 6.07) is 9.44. The molecule has 1 saturated heterocycles. The summed E-state index contributed by atoms with van der Waals surface area (Å²) in [5.74, 6) is 0.971. The van der Waals surface area contributed by atoms with E-state index in [9.17, 15) is 9.59 Å². The maximum absolute atomic E-state index is 12.4. The summed E-state index contributed by atoms with van der Waals surface area (Å²) >= 11 is 0. The van der Waals surface area contributed by atoms with Crippen molar-refractivity contribution in [3.05, 3.63) is 53.9 Å². The Morgan fingerprint density at radius 2 is 1.89 bits per heavy atom. The van der Waals surface area contributed by atoms with Gasteiger partial charge < -0.3 is 19.7 Å². The van der Waals surface area contributed by atoms with E-state index in [1.54, 1.807) is 31.5 Å². The number of benzene rings is 1. The predicted octanol–water partition coefficient (Wildman–Crippen LogP) is 1.81. The smallest absolute Gasteiger partial charge is 0.225 e. The third-order valence-corrected chi connectivity index (χ3v) is 4.92. The fourth-order valence-corrected chi connectivity index (χ4v) is 3.30. The third-order valence-electron chi connectivity index (χ3n) is 4.92. The molecule has 2 heterocycles. The van der Waals surface area contributed by atoms with Gasteiger partial charge in [0.1, 0.15) is 0 Å². The van der Waals surface area contributed by atoms with Gasteiger partial charge in [-0.2, -0.15) is 0 Å². The Labute approximate surface area is 164 Å². The molecule has 0 aliphatic carbocycles. The van der Waals surface area contributed by atoms with Gasteiger partial charge in [-0.25, -0.2) is 0 Å². The number of aromatic nitrogens is 1. The van der Waals surface area contributed by atoms with Crippen LogP contribution in [-0.2, 0) is 22.6 Å². The average molecular weight is 383 g/mol. The van der Waals surface area contributed by atoms with Crippen molar-refractivity contribution in [1.82, 2.24) is 15.2 Å². The van der Waals surface area contributed by atoms with Gasteiger partial charge in [-0.3, -0.25) is 14.6 Å². The van der Waals surface area contributed by atoms with Crippen molar-refractivity contribution in [2.24, 2.45) is 5.92 Å². The summed E-state index contributed by atoms with van der Waals surface area (Å²) in [6.07, 6.45) is 4.33. The largest absolute Gasteiger partial charge is 0.493 e. The first-order chi connectivity index (χ1) is 13.6. The zero-order chi connectivity index (χ0) is 19.9. The van der Waals surface area contributed by atoms with Gasteiger partial charge >= 0.3 is 0 Å². The number of carbonyl (C=O) groups is 2. The molecule has 28 heavy (non-hydrogen) atoms. The van der Waals surface area contributed by atoms with Gasteiger partial charge in [-0.1, -0.05) is 6.07 Å². The Balaban J connectivity index is 1.51. The van der Waals surface area contributed by atoms with E-state index < -0.39 is 0 Å². The van der Waals surface area contributed by atoms with Crippen LogP contribution in [0.5, 0.6) is 11.5 Å². The SMILES string of the molecule is COc1ccc(CCN2CC(C(=O)NCc3ccncc3)CC2=O)cc1OC. The highest BCUT2D eigenvalue weighted by Crippen LogP contribution is 2.28. The zero-order valence-corrected chi connectivity index (χ0v) is 16.2. The lowest BCUT2D eigenvalue weighted by Crippen LogP contribution is -2.33. The Bertz CT molecular complexity index is 826. The van der Waals surface area contributed by atoms with Crippen molar-refractivity contribution in [3.63, 3.8) is 0 Å². The summed E-state index contributed by atoms with van der Waals surface area (Å²) in [5.41, 5.74) is 2.04. The normalized spacial score (nSPS) is 16.1. The minimum Gasteiger partial charge on any atom is -0.493 e. The van der Waals surface area contributed by atoms with Gasteiger partial charge in [0.15, 0.2) is 11.5 Å². The Hall–Kier alpha value is -3.09. The lowest BCUT2D eigenvalue weighted by atomic mass is 10.1. The maximum atomic E-state index is 12.4. The number of ether oxygens (including phenoxy) is 2. The number of pyridine rings is 1. The van der Waals surface area contributed by atoms with E-state index in [-0.39, 0.29) is 24.2 Å². The monoisotopic (exact) mass is 383 g/mol. The molecule has 0 spiro atoms. The van der Waals surface area contributed by atoms with Gasteiger partial charge in [0, 0.05) is 38.4 Å². The number of rotatable bonds is 8. The van der Waals surface area contributed by atoms with E-state index in [0.29, 0.717) is 37.6 Å². The molecule has 1 aromatic heterocycles. The molecule has 2 amide bonds. The number of hydrogen-bond acceptors (Lipinski definition) is 5. The minimum atomic E-state index is -0.306. The van der Waals surface area contributed by atoms with Gasteiger partial charge in [-0.15, -0.1) is 0 Å². The van der Waals surface area contributed by atoms with E-state index in [0.717, 1.165) is 11.1 Å². The van der Waals surface area contributed by atoms with Crippen molar-refractivity contribution in [2.75, 3.05) is 27.3 Å². The topological polar surface area (TPSA) is 80.8 Å². The number of likely N-dealkylation sites (tertiary alicyclic amines) is 1. The third kappa shape index (κ3) is 4.79. The van der Waals surface area contributed by atoms with Gasteiger partial charge in [0.2, 0.25) is 11.8 Å². The molecule has 1 aromatic carbocycles.